The lowest BCUT2D eigenvalue weighted by atomic mass is 9.89. The predicted octanol–water partition coefficient (Wildman–Crippen LogP) is 7.68. The van der Waals surface area contributed by atoms with Gasteiger partial charge in [-0.1, -0.05) is 103 Å². The van der Waals surface area contributed by atoms with E-state index in [1.54, 1.807) is 14.2 Å². The van der Waals surface area contributed by atoms with Gasteiger partial charge in [-0.25, -0.2) is 0 Å². The fourth-order valence-corrected chi connectivity index (χ4v) is 5.85. The molecule has 0 aliphatic carbocycles. The Balaban J connectivity index is 1.61. The normalized spacial score (nSPS) is 16.3. The fourth-order valence-electron chi connectivity index (χ4n) is 5.85. The summed E-state index contributed by atoms with van der Waals surface area (Å²) in [5, 5.41) is 0. The van der Waals surface area contributed by atoms with Gasteiger partial charge in [0, 0.05) is 17.5 Å². The van der Waals surface area contributed by atoms with Crippen molar-refractivity contribution >= 4 is 17.3 Å². The summed E-state index contributed by atoms with van der Waals surface area (Å²) in [7, 11) is 3.31. The lowest BCUT2D eigenvalue weighted by Gasteiger charge is -2.37. The van der Waals surface area contributed by atoms with E-state index in [1.165, 1.54) is 0 Å². The van der Waals surface area contributed by atoms with E-state index in [4.69, 9.17) is 14.5 Å². The van der Waals surface area contributed by atoms with E-state index >= 15 is 4.79 Å². The molecule has 1 atom stereocenters. The monoisotopic (exact) mass is 566 g/mol. The average Bonchev–Trinajstić information content (AvgIpc) is 3.15. The lowest BCUT2D eigenvalue weighted by molar-refractivity contribution is -0.123. The maximum absolute atomic E-state index is 15.2. The van der Waals surface area contributed by atoms with E-state index in [9.17, 15) is 0 Å². The maximum atomic E-state index is 15.2. The van der Waals surface area contributed by atoms with Crippen LogP contribution in [0.4, 0.5) is 5.69 Å². The second-order valence-corrected chi connectivity index (χ2v) is 10.9. The van der Waals surface area contributed by atoms with Crippen LogP contribution in [0.25, 0.3) is 0 Å². The number of ether oxygens (including phenoxy) is 2. The standard InChI is InChI=1S/C38H34N2O3/c1-38(26-27-12-6-4-7-13-27)37(41)40(34-17-11-10-16-33(34)35(39-38)28-14-8-5-9-15-28)36(29-18-22-31(42-2)23-19-29)30-20-24-32(43-3)25-21-30/h4-25,36H,26H2,1-3H3/t38-/m1/s1. The Morgan fingerprint density at radius 3 is 1.74 bits per heavy atom. The zero-order valence-electron chi connectivity index (χ0n) is 24.6. The Hall–Kier alpha value is -5.16. The maximum Gasteiger partial charge on any atom is 0.255 e. The molecule has 0 aromatic heterocycles. The van der Waals surface area contributed by atoms with Crippen LogP contribution in [0, 0.1) is 0 Å². The second-order valence-electron chi connectivity index (χ2n) is 10.9. The Morgan fingerprint density at radius 2 is 1.19 bits per heavy atom. The number of carbonyl (C=O) groups is 1. The Bertz CT molecular complexity index is 1690. The zero-order valence-corrected chi connectivity index (χ0v) is 24.6. The van der Waals surface area contributed by atoms with Crippen molar-refractivity contribution in [3.05, 3.63) is 161 Å². The molecule has 1 aliphatic heterocycles. The van der Waals surface area contributed by atoms with E-state index in [-0.39, 0.29) is 5.91 Å². The van der Waals surface area contributed by atoms with Crippen molar-refractivity contribution in [2.45, 2.75) is 24.9 Å². The first-order valence-electron chi connectivity index (χ1n) is 14.4. The largest absolute Gasteiger partial charge is 0.497 e. The number of anilines is 1. The number of nitrogens with zero attached hydrogens (tertiary/aromatic N) is 2. The molecule has 5 aromatic rings. The van der Waals surface area contributed by atoms with Gasteiger partial charge in [-0.2, -0.15) is 0 Å². The van der Waals surface area contributed by atoms with E-state index in [2.05, 4.69) is 30.3 Å². The summed E-state index contributed by atoms with van der Waals surface area (Å²) >= 11 is 0. The molecule has 0 unspecified atom stereocenters. The SMILES string of the molecule is COc1ccc(C(c2ccc(OC)cc2)N2C(=O)[C@@](C)(Cc3ccccc3)N=C(c3ccccc3)c3ccccc32)cc1. The number of hydrogen-bond acceptors (Lipinski definition) is 4. The van der Waals surface area contributed by atoms with Crippen LogP contribution in [0.5, 0.6) is 11.5 Å². The zero-order chi connectivity index (χ0) is 29.8. The van der Waals surface area contributed by atoms with Gasteiger partial charge in [0.2, 0.25) is 0 Å². The summed E-state index contributed by atoms with van der Waals surface area (Å²) in [6.07, 6.45) is 0.450. The first kappa shape index (κ1) is 28.0. The van der Waals surface area contributed by atoms with Gasteiger partial charge < -0.3 is 9.47 Å². The van der Waals surface area contributed by atoms with E-state index in [0.717, 1.165) is 50.7 Å². The first-order chi connectivity index (χ1) is 21.0. The highest BCUT2D eigenvalue weighted by Gasteiger charge is 2.44. The number of carbonyl (C=O) groups excluding carboxylic acids is 1. The number of benzene rings is 5. The van der Waals surface area contributed by atoms with Crippen molar-refractivity contribution in [1.82, 2.24) is 0 Å². The molecule has 0 saturated carbocycles. The Labute approximate surface area is 253 Å². The highest BCUT2D eigenvalue weighted by atomic mass is 16.5. The van der Waals surface area contributed by atoms with Crippen LogP contribution in [0.2, 0.25) is 0 Å². The molecule has 1 heterocycles. The lowest BCUT2D eigenvalue weighted by Crippen LogP contribution is -2.49. The Morgan fingerprint density at radius 1 is 0.674 bits per heavy atom. The minimum absolute atomic E-state index is 0.0774. The smallest absolute Gasteiger partial charge is 0.255 e. The molecule has 1 amide bonds. The Kier molecular flexibility index (Phi) is 7.80. The van der Waals surface area contributed by atoms with Crippen LogP contribution in [-0.4, -0.2) is 31.4 Å². The van der Waals surface area contributed by atoms with Crippen molar-refractivity contribution in [2.24, 2.45) is 4.99 Å². The second kappa shape index (κ2) is 12.0. The van der Waals surface area contributed by atoms with Crippen molar-refractivity contribution < 1.29 is 14.3 Å². The van der Waals surface area contributed by atoms with Crippen molar-refractivity contribution in [1.29, 1.82) is 0 Å². The van der Waals surface area contributed by atoms with Crippen LogP contribution in [-0.2, 0) is 11.2 Å². The van der Waals surface area contributed by atoms with E-state index in [1.807, 2.05) is 115 Å². The molecule has 0 fully saturated rings. The molecular weight excluding hydrogens is 532 g/mol. The molecule has 43 heavy (non-hydrogen) atoms. The topological polar surface area (TPSA) is 51.1 Å². The average molecular weight is 567 g/mol. The molecule has 0 radical (unpaired) electrons. The van der Waals surface area contributed by atoms with Crippen LogP contribution in [0.15, 0.2) is 138 Å². The number of methoxy groups -OCH3 is 2. The summed E-state index contributed by atoms with van der Waals surface area (Å²) in [4.78, 5) is 22.5. The molecule has 1 aliphatic rings. The van der Waals surface area contributed by atoms with Crippen LogP contribution >= 0.6 is 0 Å². The van der Waals surface area contributed by atoms with Crippen molar-refractivity contribution in [3.63, 3.8) is 0 Å². The molecule has 0 spiro atoms. The van der Waals surface area contributed by atoms with E-state index < -0.39 is 11.6 Å². The van der Waals surface area contributed by atoms with Crippen LogP contribution in [0.3, 0.4) is 0 Å². The fraction of sp³-hybridized carbons (Fsp3) is 0.158. The van der Waals surface area contributed by atoms with Crippen molar-refractivity contribution in [3.8, 4) is 11.5 Å². The molecular formula is C38H34N2O3. The van der Waals surface area contributed by atoms with Crippen LogP contribution in [0.1, 0.15) is 40.8 Å². The quantitative estimate of drug-likeness (QED) is 0.194. The summed E-state index contributed by atoms with van der Waals surface area (Å²) in [6.45, 7) is 1.96. The van der Waals surface area contributed by atoms with Gasteiger partial charge in [-0.15, -0.1) is 0 Å². The van der Waals surface area contributed by atoms with Crippen molar-refractivity contribution in [2.75, 3.05) is 19.1 Å². The van der Waals surface area contributed by atoms with E-state index in [0.29, 0.717) is 6.42 Å². The molecule has 0 saturated heterocycles. The van der Waals surface area contributed by atoms with Gasteiger partial charge in [0.1, 0.15) is 17.0 Å². The molecule has 5 heteroatoms. The van der Waals surface area contributed by atoms with Gasteiger partial charge >= 0.3 is 0 Å². The molecule has 5 nitrogen and oxygen atoms in total. The summed E-state index contributed by atoms with van der Waals surface area (Å²) in [5.74, 6) is 1.43. The molecule has 0 bridgehead atoms. The van der Waals surface area contributed by atoms with Gasteiger partial charge in [-0.3, -0.25) is 14.7 Å². The predicted molar refractivity (Wildman–Crippen MR) is 172 cm³/mol. The summed E-state index contributed by atoms with van der Waals surface area (Å²) < 4.78 is 10.9. The number of hydrogen-bond donors (Lipinski definition) is 0. The number of fused-ring (bicyclic) bond motifs is 1. The summed E-state index contributed by atoms with van der Waals surface area (Å²) in [6, 6.07) is 43.8. The molecule has 0 N–H and O–H groups in total. The third-order valence-electron chi connectivity index (χ3n) is 8.02. The minimum Gasteiger partial charge on any atom is -0.497 e. The van der Waals surface area contributed by atoms with Gasteiger partial charge in [0.15, 0.2) is 0 Å². The highest BCUT2D eigenvalue weighted by molar-refractivity contribution is 6.21. The molecule has 214 valence electrons. The molecule has 5 aromatic carbocycles. The minimum atomic E-state index is -1.09. The van der Waals surface area contributed by atoms with Crippen LogP contribution < -0.4 is 14.4 Å². The van der Waals surface area contributed by atoms with Gasteiger partial charge in [0.25, 0.3) is 5.91 Å². The third-order valence-corrected chi connectivity index (χ3v) is 8.02. The molecule has 6 rings (SSSR count). The number of benzodiazepines with no additional fused rings is 1. The first-order valence-corrected chi connectivity index (χ1v) is 14.4. The third kappa shape index (κ3) is 5.54. The number of amides is 1. The van der Waals surface area contributed by atoms with Gasteiger partial charge in [0.05, 0.1) is 31.7 Å². The number of para-hydroxylation sites is 1. The highest BCUT2D eigenvalue weighted by Crippen LogP contribution is 2.42. The number of aliphatic imine (C=N–C) groups is 1. The van der Waals surface area contributed by atoms with Gasteiger partial charge in [-0.05, 0) is 53.9 Å². The number of rotatable bonds is 8. The summed E-state index contributed by atoms with van der Waals surface area (Å²) in [5.41, 5.74) is 5.35.